The van der Waals surface area contributed by atoms with Gasteiger partial charge in [-0.1, -0.05) is 48.5 Å². The monoisotopic (exact) mass is 481 g/mol. The molecule has 0 aliphatic rings. The molecular formula is C32H27N5. The first-order chi connectivity index (χ1) is 18.1. The molecule has 0 saturated carbocycles. The van der Waals surface area contributed by atoms with Gasteiger partial charge in [-0.3, -0.25) is 9.97 Å². The van der Waals surface area contributed by atoms with E-state index in [-0.39, 0.29) is 0 Å². The van der Waals surface area contributed by atoms with Gasteiger partial charge in [0.05, 0.1) is 33.8 Å². The van der Waals surface area contributed by atoms with Crippen molar-refractivity contribution < 1.29 is 0 Å². The van der Waals surface area contributed by atoms with E-state index >= 15 is 0 Å². The summed E-state index contributed by atoms with van der Waals surface area (Å²) >= 11 is 0. The van der Waals surface area contributed by atoms with E-state index in [1.165, 1.54) is 0 Å². The molecule has 0 radical (unpaired) electrons. The predicted molar refractivity (Wildman–Crippen MR) is 150 cm³/mol. The summed E-state index contributed by atoms with van der Waals surface area (Å²) in [5.41, 5.74) is 9.81. The van der Waals surface area contributed by atoms with Gasteiger partial charge in [0.25, 0.3) is 0 Å². The van der Waals surface area contributed by atoms with Crippen LogP contribution in [0.5, 0.6) is 0 Å². The number of para-hydroxylation sites is 2. The Morgan fingerprint density at radius 2 is 0.946 bits per heavy atom. The summed E-state index contributed by atoms with van der Waals surface area (Å²) < 4.78 is 0. The Morgan fingerprint density at radius 1 is 0.486 bits per heavy atom. The second-order valence-electron chi connectivity index (χ2n) is 9.28. The quantitative estimate of drug-likeness (QED) is 0.283. The van der Waals surface area contributed by atoms with Gasteiger partial charge in [-0.25, -0.2) is 9.97 Å². The van der Waals surface area contributed by atoms with Crippen molar-refractivity contribution in [1.29, 1.82) is 0 Å². The molecule has 0 fully saturated rings. The summed E-state index contributed by atoms with van der Waals surface area (Å²) in [6, 6.07) is 33.1. The molecule has 0 unspecified atom stereocenters. The van der Waals surface area contributed by atoms with Crippen molar-refractivity contribution in [2.45, 2.75) is 26.9 Å². The van der Waals surface area contributed by atoms with Gasteiger partial charge >= 0.3 is 0 Å². The topological polar surface area (TPSA) is 63.6 Å². The van der Waals surface area contributed by atoms with Crippen LogP contribution in [0.15, 0.2) is 97.1 Å². The summed E-state index contributed by atoms with van der Waals surface area (Å²) in [7, 11) is 0. The first-order valence-corrected chi connectivity index (χ1v) is 12.5. The van der Waals surface area contributed by atoms with Crippen LogP contribution in [0.3, 0.4) is 0 Å². The van der Waals surface area contributed by atoms with Gasteiger partial charge < -0.3 is 5.32 Å². The standard InChI is InChI=1S/C32H27N5/c1-21-11-15-25(29-17-13-23-7-3-5-9-27(23)36-29)31(34-21)19-33-20-32-26(16-12-22(2)35-32)30-18-14-24-8-4-6-10-28(24)37-30/h3-18,33H,19-20H2,1-2H3. The van der Waals surface area contributed by atoms with E-state index in [1.807, 2.05) is 62.4 Å². The molecule has 0 amide bonds. The van der Waals surface area contributed by atoms with E-state index in [4.69, 9.17) is 19.9 Å². The molecular weight excluding hydrogens is 454 g/mol. The molecule has 0 atom stereocenters. The number of hydrogen-bond donors (Lipinski definition) is 1. The molecule has 0 spiro atoms. The molecule has 2 aromatic carbocycles. The van der Waals surface area contributed by atoms with Crippen LogP contribution in [0.4, 0.5) is 0 Å². The van der Waals surface area contributed by atoms with Crippen LogP contribution < -0.4 is 5.32 Å². The van der Waals surface area contributed by atoms with E-state index < -0.39 is 0 Å². The minimum Gasteiger partial charge on any atom is -0.305 e. The molecule has 0 aliphatic carbocycles. The summed E-state index contributed by atoms with van der Waals surface area (Å²) in [6.45, 7) is 5.25. The molecule has 6 rings (SSSR count). The lowest BCUT2D eigenvalue weighted by Crippen LogP contribution is -2.17. The van der Waals surface area contributed by atoms with Crippen molar-refractivity contribution in [3.05, 3.63) is 120 Å². The van der Waals surface area contributed by atoms with Crippen molar-refractivity contribution in [2.75, 3.05) is 0 Å². The van der Waals surface area contributed by atoms with Crippen LogP contribution in [0, 0.1) is 13.8 Å². The normalized spacial score (nSPS) is 11.3. The van der Waals surface area contributed by atoms with Crippen LogP contribution >= 0.6 is 0 Å². The lowest BCUT2D eigenvalue weighted by Gasteiger charge is -2.13. The number of hydrogen-bond acceptors (Lipinski definition) is 5. The number of aromatic nitrogens is 4. The summed E-state index contributed by atoms with van der Waals surface area (Å²) in [6.07, 6.45) is 0. The maximum atomic E-state index is 4.90. The van der Waals surface area contributed by atoms with Gasteiger partial charge in [0.15, 0.2) is 0 Å². The maximum Gasteiger partial charge on any atom is 0.0728 e. The summed E-state index contributed by atoms with van der Waals surface area (Å²) in [5, 5.41) is 5.85. The van der Waals surface area contributed by atoms with Gasteiger partial charge in [-0.15, -0.1) is 0 Å². The fourth-order valence-corrected chi connectivity index (χ4v) is 4.69. The Balaban J connectivity index is 1.28. The van der Waals surface area contributed by atoms with Crippen LogP contribution in [0.1, 0.15) is 22.8 Å². The summed E-state index contributed by atoms with van der Waals surface area (Å²) in [5.74, 6) is 0. The molecule has 0 bridgehead atoms. The molecule has 180 valence electrons. The van der Waals surface area contributed by atoms with Gasteiger partial charge in [0.2, 0.25) is 0 Å². The lowest BCUT2D eigenvalue weighted by molar-refractivity contribution is 0.666. The van der Waals surface area contributed by atoms with Gasteiger partial charge in [-0.2, -0.15) is 0 Å². The van der Waals surface area contributed by atoms with Gasteiger partial charge in [0.1, 0.15) is 0 Å². The third kappa shape index (κ3) is 4.82. The van der Waals surface area contributed by atoms with Crippen LogP contribution in [0.2, 0.25) is 0 Å². The molecule has 1 N–H and O–H groups in total. The minimum atomic E-state index is 0.603. The van der Waals surface area contributed by atoms with E-state index in [0.717, 1.165) is 67.1 Å². The largest absolute Gasteiger partial charge is 0.305 e. The van der Waals surface area contributed by atoms with E-state index in [0.29, 0.717) is 13.1 Å². The average molecular weight is 482 g/mol. The van der Waals surface area contributed by atoms with E-state index in [1.54, 1.807) is 0 Å². The molecule has 0 aliphatic heterocycles. The summed E-state index contributed by atoms with van der Waals surface area (Å²) in [4.78, 5) is 19.5. The average Bonchev–Trinajstić information content (AvgIpc) is 2.93. The highest BCUT2D eigenvalue weighted by molar-refractivity contribution is 5.82. The number of fused-ring (bicyclic) bond motifs is 2. The first kappa shape index (κ1) is 23.0. The zero-order chi connectivity index (χ0) is 25.2. The van der Waals surface area contributed by atoms with Crippen molar-refractivity contribution in [1.82, 2.24) is 25.3 Å². The van der Waals surface area contributed by atoms with E-state index in [2.05, 4.69) is 53.8 Å². The Hall–Kier alpha value is -4.48. The molecule has 37 heavy (non-hydrogen) atoms. The number of rotatable bonds is 6. The predicted octanol–water partition coefficient (Wildman–Crippen LogP) is 6.81. The zero-order valence-electron chi connectivity index (χ0n) is 20.9. The molecule has 5 heteroatoms. The number of nitrogens with one attached hydrogen (secondary N) is 1. The van der Waals surface area contributed by atoms with Crippen LogP contribution in [-0.4, -0.2) is 19.9 Å². The second kappa shape index (κ2) is 9.88. The molecule has 4 heterocycles. The highest BCUT2D eigenvalue weighted by atomic mass is 14.9. The van der Waals surface area contributed by atoms with Crippen molar-refractivity contribution in [2.24, 2.45) is 0 Å². The third-order valence-corrected chi connectivity index (χ3v) is 6.56. The maximum absolute atomic E-state index is 4.90. The van der Waals surface area contributed by atoms with E-state index in [9.17, 15) is 0 Å². The van der Waals surface area contributed by atoms with Crippen LogP contribution in [-0.2, 0) is 13.1 Å². The Morgan fingerprint density at radius 3 is 1.43 bits per heavy atom. The Kier molecular flexibility index (Phi) is 6.13. The highest BCUT2D eigenvalue weighted by Gasteiger charge is 2.12. The minimum absolute atomic E-state index is 0.603. The number of nitrogens with zero attached hydrogens (tertiary/aromatic N) is 4. The zero-order valence-corrected chi connectivity index (χ0v) is 20.9. The van der Waals surface area contributed by atoms with Crippen molar-refractivity contribution in [3.63, 3.8) is 0 Å². The number of benzene rings is 2. The first-order valence-electron chi connectivity index (χ1n) is 12.5. The molecule has 0 saturated heterocycles. The third-order valence-electron chi connectivity index (χ3n) is 6.56. The molecule has 6 aromatic rings. The number of pyridine rings is 4. The van der Waals surface area contributed by atoms with Crippen molar-refractivity contribution >= 4 is 21.8 Å². The van der Waals surface area contributed by atoms with Crippen molar-refractivity contribution in [3.8, 4) is 22.5 Å². The fourth-order valence-electron chi connectivity index (χ4n) is 4.69. The smallest absolute Gasteiger partial charge is 0.0728 e. The SMILES string of the molecule is Cc1ccc(-c2ccc3ccccc3n2)c(CNCc2nc(C)ccc2-c2ccc3ccccc3n2)n1. The molecule has 4 aromatic heterocycles. The lowest BCUT2D eigenvalue weighted by atomic mass is 10.1. The Bertz CT molecular complexity index is 1610. The highest BCUT2D eigenvalue weighted by Crippen LogP contribution is 2.26. The van der Waals surface area contributed by atoms with Gasteiger partial charge in [-0.05, 0) is 62.4 Å². The van der Waals surface area contributed by atoms with Gasteiger partial charge in [0, 0.05) is 46.4 Å². The van der Waals surface area contributed by atoms with Crippen LogP contribution in [0.25, 0.3) is 44.3 Å². The molecule has 5 nitrogen and oxygen atoms in total. The second-order valence-corrected chi connectivity index (χ2v) is 9.28. The fraction of sp³-hybridized carbons (Fsp3) is 0.125. The number of aryl methyl sites for hydroxylation is 2. The Labute approximate surface area is 216 Å².